The molecule has 0 aliphatic carbocycles. The number of urea groups is 1. The average molecular weight is 518 g/mol. The molecule has 10 heteroatoms. The zero-order valence-electron chi connectivity index (χ0n) is 22.3. The minimum atomic E-state index is -0.383. The maximum Gasteiger partial charge on any atom is 0.327 e. The van der Waals surface area contributed by atoms with E-state index in [-0.39, 0.29) is 17.6 Å². The Balaban J connectivity index is 1.84. The lowest BCUT2D eigenvalue weighted by atomic mass is 10.0. The predicted octanol–water partition coefficient (Wildman–Crippen LogP) is 3.01. The number of allylic oxidation sites excluding steroid dienone is 5. The Morgan fingerprint density at radius 1 is 1.32 bits per heavy atom. The fourth-order valence-corrected chi connectivity index (χ4v) is 4.40. The van der Waals surface area contributed by atoms with Crippen LogP contribution in [0.25, 0.3) is 0 Å². The molecule has 0 saturated carbocycles. The molecule has 0 unspecified atom stereocenters. The lowest BCUT2D eigenvalue weighted by Gasteiger charge is -2.33. The van der Waals surface area contributed by atoms with Crippen LogP contribution in [0.4, 0.5) is 10.6 Å². The van der Waals surface area contributed by atoms with Crippen molar-refractivity contribution in [3.8, 4) is 6.07 Å². The molecule has 2 aliphatic rings. The third kappa shape index (κ3) is 6.95. The molecule has 0 aromatic carbocycles. The molecule has 0 bridgehead atoms. The van der Waals surface area contributed by atoms with Crippen molar-refractivity contribution in [1.29, 1.82) is 5.26 Å². The van der Waals surface area contributed by atoms with Crippen molar-refractivity contribution in [3.63, 3.8) is 0 Å². The summed E-state index contributed by atoms with van der Waals surface area (Å²) in [6.07, 6.45) is 9.65. The van der Waals surface area contributed by atoms with Crippen LogP contribution >= 0.6 is 0 Å². The van der Waals surface area contributed by atoms with Crippen LogP contribution in [0.15, 0.2) is 54.0 Å². The van der Waals surface area contributed by atoms with Crippen LogP contribution in [-0.4, -0.2) is 66.2 Å². The number of aromatic nitrogens is 1. The van der Waals surface area contributed by atoms with Gasteiger partial charge in [-0.25, -0.2) is 9.78 Å². The van der Waals surface area contributed by atoms with Gasteiger partial charge in [0.05, 0.1) is 17.8 Å². The highest BCUT2D eigenvalue weighted by Crippen LogP contribution is 2.28. The fourth-order valence-electron chi connectivity index (χ4n) is 4.40. The lowest BCUT2D eigenvalue weighted by Crippen LogP contribution is -2.48. The number of likely N-dealkylation sites (N-methyl/N-ethyl adjacent to an activating group) is 1. The van der Waals surface area contributed by atoms with Gasteiger partial charge in [-0.1, -0.05) is 19.6 Å². The molecule has 1 fully saturated rings. The van der Waals surface area contributed by atoms with Crippen LogP contribution in [0.5, 0.6) is 0 Å². The zero-order chi connectivity index (χ0) is 27.7. The number of aldehydes is 1. The van der Waals surface area contributed by atoms with Gasteiger partial charge in [-0.15, -0.1) is 0 Å². The van der Waals surface area contributed by atoms with Gasteiger partial charge in [0.1, 0.15) is 17.6 Å². The topological polar surface area (TPSA) is 122 Å². The second kappa shape index (κ2) is 13.4. The van der Waals surface area contributed by atoms with Crippen molar-refractivity contribution in [2.75, 3.05) is 38.1 Å². The van der Waals surface area contributed by atoms with Gasteiger partial charge in [0.2, 0.25) is 5.91 Å². The zero-order valence-corrected chi connectivity index (χ0v) is 22.3. The van der Waals surface area contributed by atoms with E-state index in [0.717, 1.165) is 31.4 Å². The number of carbonyl (C=O) groups is 3. The van der Waals surface area contributed by atoms with Crippen molar-refractivity contribution >= 4 is 24.0 Å². The van der Waals surface area contributed by atoms with Crippen molar-refractivity contribution in [3.05, 3.63) is 70.9 Å². The molecule has 0 atom stereocenters. The number of hydrogen-bond acceptors (Lipinski definition) is 7. The van der Waals surface area contributed by atoms with Crippen molar-refractivity contribution in [2.45, 2.75) is 39.7 Å². The van der Waals surface area contributed by atoms with Crippen LogP contribution in [-0.2, 0) is 17.8 Å². The normalized spacial score (nSPS) is 17.0. The number of carbonyl (C=O) groups excluding carboxylic acids is 3. The number of hydrogen-bond donors (Lipinski definition) is 2. The number of nitriles is 1. The molecule has 0 radical (unpaired) electrons. The van der Waals surface area contributed by atoms with Gasteiger partial charge in [-0.05, 0) is 63.2 Å². The molecule has 2 aliphatic heterocycles. The number of piperazine rings is 1. The van der Waals surface area contributed by atoms with Gasteiger partial charge in [0.25, 0.3) is 0 Å². The summed E-state index contributed by atoms with van der Waals surface area (Å²) in [6.45, 7) is 9.84. The summed E-state index contributed by atoms with van der Waals surface area (Å²) in [5, 5.41) is 15.4. The van der Waals surface area contributed by atoms with Gasteiger partial charge >= 0.3 is 6.03 Å². The highest BCUT2D eigenvalue weighted by molar-refractivity contribution is 5.94. The Labute approximate surface area is 224 Å². The molecular formula is C28H35N7O3. The highest BCUT2D eigenvalue weighted by atomic mass is 16.2. The third-order valence-corrected chi connectivity index (χ3v) is 6.36. The standard InChI is InChI=1S/C28H35N7O3/c1-5-7-9-22(16-29)24(30-6-2)14-20(3)31-28(38)35-11-8-10-21-15-23(25(19-36)32-27(21)35)17-34-13-12-33(4)18-26(34)37/h6-7,9,14-15,19,30H,2,5,8,10-13,17-18H2,1,3-4H3,(H,31,38)/b9-7+,20-14+,24-22-. The monoisotopic (exact) mass is 517 g/mol. The Bertz CT molecular complexity index is 1230. The molecule has 1 saturated heterocycles. The summed E-state index contributed by atoms with van der Waals surface area (Å²) in [4.78, 5) is 47.4. The van der Waals surface area contributed by atoms with E-state index in [4.69, 9.17) is 0 Å². The minimum Gasteiger partial charge on any atom is -0.361 e. The molecule has 3 rings (SSSR count). The van der Waals surface area contributed by atoms with Gasteiger partial charge in [-0.3, -0.25) is 19.4 Å². The maximum atomic E-state index is 13.2. The first kappa shape index (κ1) is 28.3. The van der Waals surface area contributed by atoms with E-state index in [2.05, 4.69) is 28.3 Å². The number of aryl methyl sites for hydroxylation is 1. The summed E-state index contributed by atoms with van der Waals surface area (Å²) in [5.41, 5.74) is 3.21. The van der Waals surface area contributed by atoms with Gasteiger partial charge < -0.3 is 15.5 Å². The molecule has 3 amide bonds. The number of anilines is 1. The predicted molar refractivity (Wildman–Crippen MR) is 146 cm³/mol. The molecule has 1 aromatic rings. The number of nitrogens with one attached hydrogen (secondary N) is 2. The summed E-state index contributed by atoms with van der Waals surface area (Å²) < 4.78 is 0. The Hall–Kier alpha value is -4.23. The van der Waals surface area contributed by atoms with E-state index in [1.54, 1.807) is 24.0 Å². The van der Waals surface area contributed by atoms with Gasteiger partial charge in [0, 0.05) is 37.4 Å². The van der Waals surface area contributed by atoms with Crippen molar-refractivity contribution in [1.82, 2.24) is 25.4 Å². The number of amides is 3. The van der Waals surface area contributed by atoms with E-state index < -0.39 is 0 Å². The van der Waals surface area contributed by atoms with Crippen LogP contribution in [0.3, 0.4) is 0 Å². The first-order valence-corrected chi connectivity index (χ1v) is 12.7. The van der Waals surface area contributed by atoms with E-state index in [1.807, 2.05) is 31.0 Å². The SMILES string of the molecule is C=CNC(/C=C(\C)NC(=O)N1CCCc2cc(CN3CCN(C)CC3=O)c(C=O)nc21)=C(C#N)/C=C/CC. The van der Waals surface area contributed by atoms with Crippen LogP contribution in [0, 0.1) is 11.3 Å². The molecule has 1 aromatic heterocycles. The van der Waals surface area contributed by atoms with E-state index in [0.29, 0.717) is 60.8 Å². The van der Waals surface area contributed by atoms with E-state index in [9.17, 15) is 19.6 Å². The van der Waals surface area contributed by atoms with Gasteiger partial charge in [-0.2, -0.15) is 5.26 Å². The van der Waals surface area contributed by atoms with E-state index in [1.165, 1.54) is 11.1 Å². The highest BCUT2D eigenvalue weighted by Gasteiger charge is 2.28. The maximum absolute atomic E-state index is 13.2. The summed E-state index contributed by atoms with van der Waals surface area (Å²) >= 11 is 0. The largest absolute Gasteiger partial charge is 0.361 e. The smallest absolute Gasteiger partial charge is 0.327 e. The molecule has 2 N–H and O–H groups in total. The second-order valence-electron chi connectivity index (χ2n) is 9.30. The number of pyridine rings is 1. The summed E-state index contributed by atoms with van der Waals surface area (Å²) in [5.74, 6) is 0.460. The van der Waals surface area contributed by atoms with E-state index >= 15 is 0 Å². The molecule has 3 heterocycles. The fraction of sp³-hybridized carbons (Fsp3) is 0.393. The second-order valence-corrected chi connectivity index (χ2v) is 9.30. The molecule has 38 heavy (non-hydrogen) atoms. The summed E-state index contributed by atoms with van der Waals surface area (Å²) in [6, 6.07) is 3.67. The Kier molecular flexibility index (Phi) is 9.96. The molecular weight excluding hydrogens is 482 g/mol. The van der Waals surface area contributed by atoms with Crippen molar-refractivity contribution < 1.29 is 14.4 Å². The number of rotatable bonds is 9. The van der Waals surface area contributed by atoms with Gasteiger partial charge in [0.15, 0.2) is 6.29 Å². The average Bonchev–Trinajstić information content (AvgIpc) is 2.89. The molecule has 0 spiro atoms. The number of nitrogens with zero attached hydrogens (tertiary/aromatic N) is 5. The Morgan fingerprint density at radius 3 is 2.76 bits per heavy atom. The summed E-state index contributed by atoms with van der Waals surface area (Å²) in [7, 11) is 1.90. The minimum absolute atomic E-state index is 0.0145. The first-order valence-electron chi connectivity index (χ1n) is 12.7. The first-order chi connectivity index (χ1) is 18.3. The third-order valence-electron chi connectivity index (χ3n) is 6.36. The van der Waals surface area contributed by atoms with Crippen LogP contribution < -0.4 is 15.5 Å². The van der Waals surface area contributed by atoms with Crippen molar-refractivity contribution in [2.24, 2.45) is 0 Å². The Morgan fingerprint density at radius 2 is 2.11 bits per heavy atom. The van der Waals surface area contributed by atoms with Crippen LogP contribution in [0.1, 0.15) is 48.3 Å². The molecule has 10 nitrogen and oxygen atoms in total. The molecule has 200 valence electrons. The van der Waals surface area contributed by atoms with Crippen LogP contribution in [0.2, 0.25) is 0 Å². The lowest BCUT2D eigenvalue weighted by molar-refractivity contribution is -0.136. The number of fused-ring (bicyclic) bond motifs is 1. The quantitative estimate of drug-likeness (QED) is 0.293.